The minimum Gasteiger partial charge on any atom is -0.335 e. The summed E-state index contributed by atoms with van der Waals surface area (Å²) in [6.45, 7) is 3.29. The van der Waals surface area contributed by atoms with Gasteiger partial charge in [-0.2, -0.15) is 0 Å². The lowest BCUT2D eigenvalue weighted by molar-refractivity contribution is -0.127. The molecule has 2 aliphatic rings. The van der Waals surface area contributed by atoms with Gasteiger partial charge >= 0.3 is 0 Å². The first-order chi connectivity index (χ1) is 12.9. The topological polar surface area (TPSA) is 74.8 Å². The van der Waals surface area contributed by atoms with Crippen LogP contribution in [-0.2, 0) is 19.4 Å². The number of carbonyl (C=O) groups is 2. The molecular formula is C20H26N2O4S. The smallest absolute Gasteiger partial charge is 0.246 e. The van der Waals surface area contributed by atoms with Gasteiger partial charge in [0, 0.05) is 37.3 Å². The second-order valence-electron chi connectivity index (χ2n) is 7.16. The largest absolute Gasteiger partial charge is 0.335 e. The van der Waals surface area contributed by atoms with Gasteiger partial charge in [-0.3, -0.25) is 9.59 Å². The lowest BCUT2D eigenvalue weighted by atomic mass is 10.1. The molecule has 2 aliphatic heterocycles. The Morgan fingerprint density at radius 3 is 2.59 bits per heavy atom. The average molecular weight is 391 g/mol. The highest BCUT2D eigenvalue weighted by Crippen LogP contribution is 2.22. The van der Waals surface area contributed by atoms with Gasteiger partial charge in [0.15, 0.2) is 9.84 Å². The van der Waals surface area contributed by atoms with Crippen molar-refractivity contribution in [3.05, 3.63) is 35.9 Å². The number of hydrogen-bond acceptors (Lipinski definition) is 4. The first-order valence-electron chi connectivity index (χ1n) is 9.49. The Kier molecular flexibility index (Phi) is 5.99. The van der Waals surface area contributed by atoms with Crippen LogP contribution in [-0.4, -0.2) is 55.8 Å². The fourth-order valence-electron chi connectivity index (χ4n) is 3.68. The molecule has 0 bridgehead atoms. The molecule has 7 heteroatoms. The highest BCUT2D eigenvalue weighted by atomic mass is 32.2. The van der Waals surface area contributed by atoms with Crippen molar-refractivity contribution >= 4 is 33.4 Å². The standard InChI is InChI=1S/C20H26N2O4S/c1-2-12-21(18-11-14-27(25,26)15-18)20(24)10-7-16-5-8-17(9-6-16)22-13-3-4-19(22)23/h5-10,18H,2-4,11-15H2,1H3/b10-7+. The predicted molar refractivity (Wildman–Crippen MR) is 106 cm³/mol. The van der Waals surface area contributed by atoms with Crippen LogP contribution in [0.25, 0.3) is 6.08 Å². The third-order valence-electron chi connectivity index (χ3n) is 5.09. The van der Waals surface area contributed by atoms with Crippen LogP contribution in [0.15, 0.2) is 30.3 Å². The van der Waals surface area contributed by atoms with Crippen LogP contribution in [0, 0.1) is 0 Å². The molecule has 2 amide bonds. The first kappa shape index (κ1) is 19.6. The number of anilines is 1. The molecule has 146 valence electrons. The molecule has 1 unspecified atom stereocenters. The van der Waals surface area contributed by atoms with Crippen molar-refractivity contribution in [3.8, 4) is 0 Å². The lowest BCUT2D eigenvalue weighted by Gasteiger charge is -2.26. The van der Waals surface area contributed by atoms with Crippen molar-refractivity contribution in [2.75, 3.05) is 29.5 Å². The summed E-state index contributed by atoms with van der Waals surface area (Å²) in [5.74, 6) is 0.212. The molecule has 3 rings (SSSR count). The van der Waals surface area contributed by atoms with Crippen molar-refractivity contribution in [2.45, 2.75) is 38.6 Å². The maximum Gasteiger partial charge on any atom is 0.246 e. The second-order valence-corrected chi connectivity index (χ2v) is 9.39. The number of benzene rings is 1. The van der Waals surface area contributed by atoms with Crippen molar-refractivity contribution in [1.82, 2.24) is 4.90 Å². The highest BCUT2D eigenvalue weighted by Gasteiger charge is 2.33. The van der Waals surface area contributed by atoms with E-state index in [1.54, 1.807) is 15.9 Å². The van der Waals surface area contributed by atoms with E-state index in [-0.39, 0.29) is 29.4 Å². The van der Waals surface area contributed by atoms with E-state index in [2.05, 4.69) is 0 Å². The molecule has 0 radical (unpaired) electrons. The molecule has 0 spiro atoms. The van der Waals surface area contributed by atoms with Crippen molar-refractivity contribution in [1.29, 1.82) is 0 Å². The molecule has 1 aromatic rings. The van der Waals surface area contributed by atoms with E-state index in [9.17, 15) is 18.0 Å². The SMILES string of the molecule is CCCN(C(=O)/C=C/c1ccc(N2CCCC2=O)cc1)C1CCS(=O)(=O)C1. The number of amides is 2. The number of rotatable bonds is 6. The van der Waals surface area contributed by atoms with Gasteiger partial charge in [-0.05, 0) is 43.0 Å². The molecule has 1 aromatic carbocycles. The lowest BCUT2D eigenvalue weighted by Crippen LogP contribution is -2.40. The Bertz CT molecular complexity index is 830. The normalized spacial score (nSPS) is 21.9. The van der Waals surface area contributed by atoms with Gasteiger partial charge in [-0.15, -0.1) is 0 Å². The van der Waals surface area contributed by atoms with Gasteiger partial charge in [0.25, 0.3) is 0 Å². The van der Waals surface area contributed by atoms with Gasteiger partial charge in [0.1, 0.15) is 0 Å². The molecule has 2 heterocycles. The molecule has 0 N–H and O–H groups in total. The zero-order valence-electron chi connectivity index (χ0n) is 15.6. The predicted octanol–water partition coefficient (Wildman–Crippen LogP) is 2.25. The highest BCUT2D eigenvalue weighted by molar-refractivity contribution is 7.91. The van der Waals surface area contributed by atoms with Crippen LogP contribution in [0.1, 0.15) is 38.2 Å². The van der Waals surface area contributed by atoms with E-state index in [0.29, 0.717) is 19.4 Å². The van der Waals surface area contributed by atoms with E-state index >= 15 is 0 Å². The van der Waals surface area contributed by atoms with Crippen LogP contribution < -0.4 is 4.90 Å². The van der Waals surface area contributed by atoms with E-state index in [1.807, 2.05) is 31.2 Å². The summed E-state index contributed by atoms with van der Waals surface area (Å²) in [6.07, 6.45) is 6.04. The molecule has 1 atom stereocenters. The summed E-state index contributed by atoms with van der Waals surface area (Å²) >= 11 is 0. The van der Waals surface area contributed by atoms with Crippen LogP contribution in [0.5, 0.6) is 0 Å². The number of carbonyl (C=O) groups excluding carboxylic acids is 2. The van der Waals surface area contributed by atoms with Crippen LogP contribution in [0.3, 0.4) is 0 Å². The summed E-state index contributed by atoms with van der Waals surface area (Å²) in [5.41, 5.74) is 1.75. The van der Waals surface area contributed by atoms with Gasteiger partial charge in [0.2, 0.25) is 11.8 Å². The fraction of sp³-hybridized carbons (Fsp3) is 0.500. The number of sulfone groups is 1. The zero-order valence-corrected chi connectivity index (χ0v) is 16.5. The Morgan fingerprint density at radius 1 is 1.30 bits per heavy atom. The van der Waals surface area contributed by atoms with Crippen molar-refractivity contribution < 1.29 is 18.0 Å². The Hall–Kier alpha value is -2.15. The minimum atomic E-state index is -3.03. The summed E-state index contributed by atoms with van der Waals surface area (Å²) in [4.78, 5) is 27.9. The molecule has 27 heavy (non-hydrogen) atoms. The Balaban J connectivity index is 1.66. The maximum absolute atomic E-state index is 12.6. The van der Waals surface area contributed by atoms with Gasteiger partial charge in [-0.1, -0.05) is 19.1 Å². The molecule has 0 aromatic heterocycles. The summed E-state index contributed by atoms with van der Waals surface area (Å²) < 4.78 is 23.5. The third-order valence-corrected chi connectivity index (χ3v) is 6.84. The molecule has 0 aliphatic carbocycles. The monoisotopic (exact) mass is 390 g/mol. The molecule has 0 saturated carbocycles. The van der Waals surface area contributed by atoms with E-state index in [4.69, 9.17) is 0 Å². The maximum atomic E-state index is 12.6. The van der Waals surface area contributed by atoms with Gasteiger partial charge in [-0.25, -0.2) is 8.42 Å². The average Bonchev–Trinajstić information content (AvgIpc) is 3.23. The summed E-state index contributed by atoms with van der Waals surface area (Å²) in [7, 11) is -3.03. The van der Waals surface area contributed by atoms with Gasteiger partial charge in [0.05, 0.1) is 11.5 Å². The zero-order chi connectivity index (χ0) is 19.4. The number of hydrogen-bond donors (Lipinski definition) is 0. The van der Waals surface area contributed by atoms with Crippen molar-refractivity contribution in [2.24, 2.45) is 0 Å². The van der Waals surface area contributed by atoms with Crippen molar-refractivity contribution in [3.63, 3.8) is 0 Å². The summed E-state index contributed by atoms with van der Waals surface area (Å²) in [5, 5.41) is 0. The van der Waals surface area contributed by atoms with Gasteiger partial charge < -0.3 is 9.80 Å². The third kappa shape index (κ3) is 4.77. The minimum absolute atomic E-state index is 0.0607. The van der Waals surface area contributed by atoms with E-state index in [0.717, 1.165) is 30.6 Å². The second kappa shape index (κ2) is 8.25. The molecule has 2 saturated heterocycles. The quantitative estimate of drug-likeness (QED) is 0.698. The fourth-order valence-corrected chi connectivity index (χ4v) is 5.42. The van der Waals surface area contributed by atoms with E-state index in [1.165, 1.54) is 6.08 Å². The van der Waals surface area contributed by atoms with Crippen LogP contribution in [0.4, 0.5) is 5.69 Å². The van der Waals surface area contributed by atoms with E-state index < -0.39 is 9.84 Å². The van der Waals surface area contributed by atoms with Crippen LogP contribution in [0.2, 0.25) is 0 Å². The Morgan fingerprint density at radius 2 is 2.04 bits per heavy atom. The van der Waals surface area contributed by atoms with Crippen LogP contribution >= 0.6 is 0 Å². The summed E-state index contributed by atoms with van der Waals surface area (Å²) in [6, 6.07) is 7.32. The first-order valence-corrected chi connectivity index (χ1v) is 11.3. The Labute approximate surface area is 160 Å². The molecule has 2 fully saturated rings. The number of nitrogens with zero attached hydrogens (tertiary/aromatic N) is 2. The molecule has 6 nitrogen and oxygen atoms in total. The molecular weight excluding hydrogens is 364 g/mol.